The highest BCUT2D eigenvalue weighted by molar-refractivity contribution is 6.32. The molecule has 0 radical (unpaired) electrons. The molecule has 1 unspecified atom stereocenters. The number of hydrogen-bond acceptors (Lipinski definition) is 5. The minimum Gasteiger partial charge on any atom is -0.478 e. The lowest BCUT2D eigenvalue weighted by Crippen LogP contribution is -2.09. The highest BCUT2D eigenvalue weighted by Crippen LogP contribution is 2.36. The summed E-state index contributed by atoms with van der Waals surface area (Å²) in [5.74, 6) is -0.357. The van der Waals surface area contributed by atoms with E-state index < -0.39 is 11.8 Å². The van der Waals surface area contributed by atoms with Gasteiger partial charge in [-0.1, -0.05) is 23.7 Å². The van der Waals surface area contributed by atoms with E-state index in [4.69, 9.17) is 21.4 Å². The first-order valence-corrected chi connectivity index (χ1v) is 9.76. The standard InChI is InChI=1S/C23H17ClFN3O3/c1-13(14-2-4-16(5-3-14)23(29)30)28-21-20-15(8-10-26-21)9-11-27-22(20)31-19-7-6-17(25)12-18(19)24/h2-13H,1H3,(H,26,28)(H,29,30). The first kappa shape index (κ1) is 20.6. The van der Waals surface area contributed by atoms with Crippen molar-refractivity contribution in [3.8, 4) is 11.6 Å². The van der Waals surface area contributed by atoms with Gasteiger partial charge in [-0.15, -0.1) is 0 Å². The van der Waals surface area contributed by atoms with Crippen molar-refractivity contribution in [3.63, 3.8) is 0 Å². The largest absolute Gasteiger partial charge is 0.478 e. The van der Waals surface area contributed by atoms with Crippen LogP contribution in [-0.2, 0) is 0 Å². The predicted octanol–water partition coefficient (Wildman–Crippen LogP) is 6.09. The Labute approximate surface area is 182 Å². The summed E-state index contributed by atoms with van der Waals surface area (Å²) in [7, 11) is 0. The number of benzene rings is 2. The normalized spacial score (nSPS) is 11.8. The topological polar surface area (TPSA) is 84.3 Å². The van der Waals surface area contributed by atoms with E-state index in [9.17, 15) is 9.18 Å². The fourth-order valence-electron chi connectivity index (χ4n) is 3.14. The number of aromatic carboxylic acids is 1. The van der Waals surface area contributed by atoms with Crippen LogP contribution in [0.3, 0.4) is 0 Å². The molecule has 4 aromatic rings. The van der Waals surface area contributed by atoms with Crippen LogP contribution in [0.4, 0.5) is 10.2 Å². The third-order valence-electron chi connectivity index (χ3n) is 4.75. The van der Waals surface area contributed by atoms with Crippen molar-refractivity contribution in [2.75, 3.05) is 5.32 Å². The van der Waals surface area contributed by atoms with Gasteiger partial charge in [0.1, 0.15) is 17.4 Å². The van der Waals surface area contributed by atoms with E-state index >= 15 is 0 Å². The summed E-state index contributed by atoms with van der Waals surface area (Å²) >= 11 is 6.10. The molecule has 0 bridgehead atoms. The van der Waals surface area contributed by atoms with E-state index in [1.165, 1.54) is 18.2 Å². The molecule has 0 fully saturated rings. The minimum absolute atomic E-state index is 0.129. The van der Waals surface area contributed by atoms with Crippen LogP contribution >= 0.6 is 11.6 Å². The molecule has 0 aliphatic rings. The number of fused-ring (bicyclic) bond motifs is 1. The molecule has 0 saturated carbocycles. The van der Waals surface area contributed by atoms with Crippen LogP contribution < -0.4 is 10.1 Å². The molecule has 0 spiro atoms. The fourth-order valence-corrected chi connectivity index (χ4v) is 3.35. The van der Waals surface area contributed by atoms with Gasteiger partial charge in [-0.3, -0.25) is 0 Å². The number of pyridine rings is 2. The average Bonchev–Trinajstić information content (AvgIpc) is 2.76. The van der Waals surface area contributed by atoms with Crippen LogP contribution in [0.25, 0.3) is 10.8 Å². The van der Waals surface area contributed by atoms with Crippen molar-refractivity contribution >= 4 is 34.2 Å². The molecule has 2 aromatic heterocycles. The molecule has 0 aliphatic heterocycles. The lowest BCUT2D eigenvalue weighted by molar-refractivity contribution is 0.0697. The Morgan fingerprint density at radius 2 is 1.81 bits per heavy atom. The zero-order valence-electron chi connectivity index (χ0n) is 16.3. The average molecular weight is 438 g/mol. The maximum absolute atomic E-state index is 13.4. The van der Waals surface area contributed by atoms with E-state index in [-0.39, 0.29) is 28.3 Å². The lowest BCUT2D eigenvalue weighted by atomic mass is 10.1. The monoisotopic (exact) mass is 437 g/mol. The van der Waals surface area contributed by atoms with Crippen molar-refractivity contribution in [1.29, 1.82) is 0 Å². The molecular formula is C23H17ClFN3O3. The first-order chi connectivity index (χ1) is 14.9. The zero-order chi connectivity index (χ0) is 22.0. The Kier molecular flexibility index (Phi) is 5.68. The summed E-state index contributed by atoms with van der Waals surface area (Å²) in [5, 5.41) is 14.0. The molecule has 0 saturated heterocycles. The van der Waals surface area contributed by atoms with E-state index in [2.05, 4.69) is 15.3 Å². The van der Waals surface area contributed by atoms with Crippen LogP contribution in [0.2, 0.25) is 5.02 Å². The summed E-state index contributed by atoms with van der Waals surface area (Å²) in [5.41, 5.74) is 1.10. The number of nitrogens with one attached hydrogen (secondary N) is 1. The minimum atomic E-state index is -0.977. The van der Waals surface area contributed by atoms with Gasteiger partial charge >= 0.3 is 5.97 Å². The Morgan fingerprint density at radius 1 is 1.10 bits per heavy atom. The maximum atomic E-state index is 13.4. The summed E-state index contributed by atoms with van der Waals surface area (Å²) in [4.78, 5) is 19.8. The maximum Gasteiger partial charge on any atom is 0.335 e. The number of rotatable bonds is 6. The van der Waals surface area contributed by atoms with Crippen LogP contribution in [0.15, 0.2) is 67.0 Å². The highest BCUT2D eigenvalue weighted by Gasteiger charge is 2.16. The van der Waals surface area contributed by atoms with Crippen molar-refractivity contribution in [2.24, 2.45) is 0 Å². The number of nitrogens with zero attached hydrogens (tertiary/aromatic N) is 2. The smallest absolute Gasteiger partial charge is 0.335 e. The molecule has 4 rings (SSSR count). The molecule has 1 atom stereocenters. The first-order valence-electron chi connectivity index (χ1n) is 9.39. The van der Waals surface area contributed by atoms with E-state index in [1.807, 2.05) is 19.1 Å². The van der Waals surface area contributed by atoms with E-state index in [0.717, 1.165) is 10.9 Å². The van der Waals surface area contributed by atoms with Crippen LogP contribution in [0.5, 0.6) is 11.6 Å². The van der Waals surface area contributed by atoms with E-state index in [0.29, 0.717) is 11.2 Å². The van der Waals surface area contributed by atoms with Gasteiger partial charge in [0.05, 0.1) is 16.0 Å². The quantitative estimate of drug-likeness (QED) is 0.380. The Hall–Kier alpha value is -3.71. The van der Waals surface area contributed by atoms with Crippen molar-refractivity contribution < 1.29 is 19.0 Å². The van der Waals surface area contributed by atoms with Crippen molar-refractivity contribution in [3.05, 3.63) is 89.0 Å². The number of aromatic nitrogens is 2. The zero-order valence-corrected chi connectivity index (χ0v) is 17.1. The van der Waals surface area contributed by atoms with Gasteiger partial charge in [0.25, 0.3) is 0 Å². The summed E-state index contributed by atoms with van der Waals surface area (Å²) in [6.45, 7) is 1.93. The number of halogens is 2. The highest BCUT2D eigenvalue weighted by atomic mass is 35.5. The number of carbonyl (C=O) groups is 1. The molecule has 2 N–H and O–H groups in total. The number of anilines is 1. The number of hydrogen-bond donors (Lipinski definition) is 2. The molecule has 6 nitrogen and oxygen atoms in total. The van der Waals surface area contributed by atoms with Gasteiger partial charge in [0.15, 0.2) is 0 Å². The number of ether oxygens (including phenoxy) is 1. The summed E-state index contributed by atoms with van der Waals surface area (Å²) < 4.78 is 19.3. The third-order valence-corrected chi connectivity index (χ3v) is 5.05. The molecular weight excluding hydrogens is 421 g/mol. The molecule has 31 heavy (non-hydrogen) atoms. The van der Waals surface area contributed by atoms with Crippen LogP contribution in [0.1, 0.15) is 28.9 Å². The van der Waals surface area contributed by atoms with Crippen LogP contribution in [-0.4, -0.2) is 21.0 Å². The Bertz CT molecular complexity index is 1260. The molecule has 8 heteroatoms. The second-order valence-electron chi connectivity index (χ2n) is 6.84. The number of carboxylic acids is 1. The Morgan fingerprint density at radius 3 is 2.48 bits per heavy atom. The molecule has 2 heterocycles. The number of carboxylic acid groups (broad SMARTS) is 1. The van der Waals surface area contributed by atoms with Gasteiger partial charge < -0.3 is 15.2 Å². The predicted molar refractivity (Wildman–Crippen MR) is 116 cm³/mol. The SMILES string of the molecule is CC(Nc1nccc2ccnc(Oc3ccc(F)cc3Cl)c12)c1ccc(C(=O)O)cc1. The Balaban J connectivity index is 1.68. The summed E-state index contributed by atoms with van der Waals surface area (Å²) in [6.07, 6.45) is 3.27. The van der Waals surface area contributed by atoms with Crippen molar-refractivity contribution in [2.45, 2.75) is 13.0 Å². The molecule has 2 aromatic carbocycles. The van der Waals surface area contributed by atoms with Crippen molar-refractivity contribution in [1.82, 2.24) is 9.97 Å². The van der Waals surface area contributed by atoms with E-state index in [1.54, 1.807) is 36.7 Å². The fraction of sp³-hybridized carbons (Fsp3) is 0.0870. The van der Waals surface area contributed by atoms with Gasteiger partial charge in [-0.2, -0.15) is 0 Å². The molecule has 0 aliphatic carbocycles. The molecule has 0 amide bonds. The molecule has 156 valence electrons. The second-order valence-corrected chi connectivity index (χ2v) is 7.25. The second kappa shape index (κ2) is 8.57. The van der Waals surface area contributed by atoms with Gasteiger partial charge in [-0.05, 0) is 60.3 Å². The van der Waals surface area contributed by atoms with Gasteiger partial charge in [-0.25, -0.2) is 19.2 Å². The summed E-state index contributed by atoms with van der Waals surface area (Å²) in [6, 6.07) is 14.0. The lowest BCUT2D eigenvalue weighted by Gasteiger charge is -2.18. The van der Waals surface area contributed by atoms with Crippen LogP contribution in [0, 0.1) is 5.82 Å². The van der Waals surface area contributed by atoms with Gasteiger partial charge in [0.2, 0.25) is 5.88 Å². The van der Waals surface area contributed by atoms with Gasteiger partial charge in [0, 0.05) is 18.4 Å². The third kappa shape index (κ3) is 4.41.